The normalized spacial score (nSPS) is 13.1. The fourth-order valence-electron chi connectivity index (χ4n) is 0.997. The van der Waals surface area contributed by atoms with E-state index in [0.717, 1.165) is 8.66 Å². The SMILES string of the molecule is CC(Cl)c1nc(-c2ccc(Br)s2)n[nH]1. The number of H-pyrrole nitrogens is 1. The summed E-state index contributed by atoms with van der Waals surface area (Å²) < 4.78 is 1.07. The number of thiophene rings is 1. The Kier molecular flexibility index (Phi) is 2.90. The van der Waals surface area contributed by atoms with Crippen molar-refractivity contribution in [2.45, 2.75) is 12.3 Å². The average molecular weight is 293 g/mol. The number of rotatable bonds is 2. The standard InChI is InChI=1S/C8H7BrClN3S/c1-4(10)7-11-8(13-12-7)5-2-3-6(9)14-5/h2-4H,1H3,(H,11,12,13). The fraction of sp³-hybridized carbons (Fsp3) is 0.250. The smallest absolute Gasteiger partial charge is 0.191 e. The van der Waals surface area contributed by atoms with Gasteiger partial charge in [-0.15, -0.1) is 22.9 Å². The molecule has 2 aromatic heterocycles. The predicted octanol–water partition coefficient (Wildman–Crippen LogP) is 3.60. The van der Waals surface area contributed by atoms with E-state index in [0.29, 0.717) is 11.6 Å². The molecule has 2 rings (SSSR count). The van der Waals surface area contributed by atoms with E-state index in [2.05, 4.69) is 31.1 Å². The van der Waals surface area contributed by atoms with E-state index >= 15 is 0 Å². The molecule has 0 aliphatic rings. The lowest BCUT2D eigenvalue weighted by Gasteiger charge is -1.92. The molecule has 74 valence electrons. The lowest BCUT2D eigenvalue weighted by molar-refractivity contribution is 0.918. The molecule has 3 nitrogen and oxygen atoms in total. The van der Waals surface area contributed by atoms with Crippen LogP contribution in [0.25, 0.3) is 10.7 Å². The fourth-order valence-corrected chi connectivity index (χ4v) is 2.41. The molecule has 0 aromatic carbocycles. The maximum Gasteiger partial charge on any atom is 0.191 e. The molecule has 2 heterocycles. The second-order valence-electron chi connectivity index (χ2n) is 2.76. The highest BCUT2D eigenvalue weighted by molar-refractivity contribution is 9.11. The van der Waals surface area contributed by atoms with E-state index in [-0.39, 0.29) is 5.38 Å². The van der Waals surface area contributed by atoms with Gasteiger partial charge in [-0.3, -0.25) is 5.10 Å². The van der Waals surface area contributed by atoms with Crippen LogP contribution in [0.4, 0.5) is 0 Å². The molecule has 0 saturated carbocycles. The van der Waals surface area contributed by atoms with Crippen molar-refractivity contribution < 1.29 is 0 Å². The molecule has 0 amide bonds. The van der Waals surface area contributed by atoms with E-state index in [9.17, 15) is 0 Å². The van der Waals surface area contributed by atoms with Gasteiger partial charge in [0.25, 0.3) is 0 Å². The minimum Gasteiger partial charge on any atom is -0.261 e. The van der Waals surface area contributed by atoms with E-state index in [1.54, 1.807) is 11.3 Å². The van der Waals surface area contributed by atoms with Gasteiger partial charge in [0.2, 0.25) is 0 Å². The van der Waals surface area contributed by atoms with E-state index < -0.39 is 0 Å². The van der Waals surface area contributed by atoms with Crippen molar-refractivity contribution in [2.75, 3.05) is 0 Å². The van der Waals surface area contributed by atoms with Gasteiger partial charge in [-0.2, -0.15) is 5.10 Å². The molecular formula is C8H7BrClN3S. The second kappa shape index (κ2) is 4.00. The summed E-state index contributed by atoms with van der Waals surface area (Å²) in [6, 6.07) is 3.95. The summed E-state index contributed by atoms with van der Waals surface area (Å²) in [4.78, 5) is 5.31. The first-order valence-corrected chi connectivity index (χ1v) is 6.03. The molecule has 0 aliphatic carbocycles. The van der Waals surface area contributed by atoms with Gasteiger partial charge >= 0.3 is 0 Å². The number of hydrogen-bond donors (Lipinski definition) is 1. The molecule has 0 bridgehead atoms. The zero-order chi connectivity index (χ0) is 10.1. The molecule has 0 aliphatic heterocycles. The summed E-state index contributed by atoms with van der Waals surface area (Å²) in [5.74, 6) is 1.40. The maximum absolute atomic E-state index is 5.87. The van der Waals surface area contributed by atoms with Crippen molar-refractivity contribution in [3.63, 3.8) is 0 Å². The van der Waals surface area contributed by atoms with Crippen LogP contribution in [0.5, 0.6) is 0 Å². The minimum atomic E-state index is -0.139. The van der Waals surface area contributed by atoms with Gasteiger partial charge in [0.1, 0.15) is 5.82 Å². The van der Waals surface area contributed by atoms with Gasteiger partial charge in [-0.05, 0) is 35.0 Å². The van der Waals surface area contributed by atoms with E-state index in [1.807, 2.05) is 19.1 Å². The van der Waals surface area contributed by atoms with E-state index in [4.69, 9.17) is 11.6 Å². The molecule has 1 atom stereocenters. The van der Waals surface area contributed by atoms with Gasteiger partial charge in [0, 0.05) is 0 Å². The number of nitrogens with one attached hydrogen (secondary N) is 1. The Morgan fingerprint density at radius 1 is 1.57 bits per heavy atom. The summed E-state index contributed by atoms with van der Waals surface area (Å²) in [5.41, 5.74) is 0. The molecule has 0 radical (unpaired) electrons. The highest BCUT2D eigenvalue weighted by atomic mass is 79.9. The lowest BCUT2D eigenvalue weighted by atomic mass is 10.4. The molecule has 14 heavy (non-hydrogen) atoms. The number of aromatic nitrogens is 3. The highest BCUT2D eigenvalue weighted by Gasteiger charge is 2.10. The van der Waals surface area contributed by atoms with Crippen LogP contribution in [0.1, 0.15) is 18.1 Å². The first kappa shape index (κ1) is 10.1. The third kappa shape index (κ3) is 1.99. The van der Waals surface area contributed by atoms with Crippen molar-refractivity contribution in [1.29, 1.82) is 0 Å². The Balaban J connectivity index is 2.33. The molecule has 0 saturated heterocycles. The number of nitrogens with zero attached hydrogens (tertiary/aromatic N) is 2. The van der Waals surface area contributed by atoms with Gasteiger partial charge in [-0.25, -0.2) is 4.98 Å². The summed E-state index contributed by atoms with van der Waals surface area (Å²) in [6.07, 6.45) is 0. The third-order valence-electron chi connectivity index (χ3n) is 1.67. The zero-order valence-corrected chi connectivity index (χ0v) is 10.4. The molecule has 6 heteroatoms. The largest absolute Gasteiger partial charge is 0.261 e. The molecule has 1 N–H and O–H groups in total. The third-order valence-corrected chi connectivity index (χ3v) is 3.50. The molecule has 0 fully saturated rings. The second-order valence-corrected chi connectivity index (χ2v) is 5.88. The van der Waals surface area contributed by atoms with E-state index in [1.165, 1.54) is 0 Å². The van der Waals surface area contributed by atoms with Crippen LogP contribution in [-0.4, -0.2) is 15.2 Å². The lowest BCUT2D eigenvalue weighted by Crippen LogP contribution is -1.86. The van der Waals surface area contributed by atoms with Gasteiger partial charge in [0.15, 0.2) is 5.82 Å². The van der Waals surface area contributed by atoms with Crippen LogP contribution < -0.4 is 0 Å². The Bertz CT molecular complexity index is 437. The first-order valence-electron chi connectivity index (χ1n) is 3.99. The van der Waals surface area contributed by atoms with Crippen molar-refractivity contribution in [3.05, 3.63) is 21.7 Å². The Labute approximate surface area is 98.6 Å². The highest BCUT2D eigenvalue weighted by Crippen LogP contribution is 2.29. The van der Waals surface area contributed by atoms with Crippen molar-refractivity contribution in [2.24, 2.45) is 0 Å². The van der Waals surface area contributed by atoms with Crippen LogP contribution in [0.15, 0.2) is 15.9 Å². The quantitative estimate of drug-likeness (QED) is 0.859. The summed E-state index contributed by atoms with van der Waals surface area (Å²) in [6.45, 7) is 1.86. The minimum absolute atomic E-state index is 0.139. The molecule has 1 unspecified atom stereocenters. The Morgan fingerprint density at radius 2 is 2.36 bits per heavy atom. The molecular weight excluding hydrogens is 286 g/mol. The van der Waals surface area contributed by atoms with Crippen LogP contribution in [-0.2, 0) is 0 Å². The van der Waals surface area contributed by atoms with Crippen molar-refractivity contribution in [3.8, 4) is 10.7 Å². The average Bonchev–Trinajstić information content (AvgIpc) is 2.70. The number of alkyl halides is 1. The Morgan fingerprint density at radius 3 is 2.86 bits per heavy atom. The number of halogens is 2. The summed E-state index contributed by atoms with van der Waals surface area (Å²) >= 11 is 10.9. The van der Waals surface area contributed by atoms with Crippen LogP contribution >= 0.6 is 38.9 Å². The van der Waals surface area contributed by atoms with Gasteiger partial charge in [0.05, 0.1) is 14.0 Å². The molecule has 2 aromatic rings. The monoisotopic (exact) mass is 291 g/mol. The summed E-state index contributed by atoms with van der Waals surface area (Å²) in [5, 5.41) is 6.76. The van der Waals surface area contributed by atoms with Crippen LogP contribution in [0.2, 0.25) is 0 Å². The summed E-state index contributed by atoms with van der Waals surface area (Å²) in [7, 11) is 0. The first-order chi connectivity index (χ1) is 6.66. The van der Waals surface area contributed by atoms with Gasteiger partial charge in [-0.1, -0.05) is 0 Å². The maximum atomic E-state index is 5.87. The number of aromatic amines is 1. The Hall–Kier alpha value is -0.390. The number of hydrogen-bond acceptors (Lipinski definition) is 3. The van der Waals surface area contributed by atoms with Crippen LogP contribution in [0.3, 0.4) is 0 Å². The van der Waals surface area contributed by atoms with Crippen LogP contribution in [0, 0.1) is 0 Å². The van der Waals surface area contributed by atoms with Crippen molar-refractivity contribution >= 4 is 38.9 Å². The van der Waals surface area contributed by atoms with Gasteiger partial charge < -0.3 is 0 Å². The zero-order valence-electron chi connectivity index (χ0n) is 7.29. The topological polar surface area (TPSA) is 41.6 Å². The predicted molar refractivity (Wildman–Crippen MR) is 61.7 cm³/mol. The molecule has 0 spiro atoms. The van der Waals surface area contributed by atoms with Crippen molar-refractivity contribution in [1.82, 2.24) is 15.2 Å².